The lowest BCUT2D eigenvalue weighted by Crippen LogP contribution is -1.95. The molecule has 1 heterocycles. The first-order valence-electron chi connectivity index (χ1n) is 7.73. The number of imidazole rings is 1. The Labute approximate surface area is 144 Å². The minimum atomic E-state index is -0.360. The molecule has 0 unspecified atom stereocenters. The van der Waals surface area contributed by atoms with E-state index >= 15 is 0 Å². The lowest BCUT2D eigenvalue weighted by atomic mass is 10.1. The molecule has 0 aliphatic heterocycles. The molecule has 3 aromatic rings. The van der Waals surface area contributed by atoms with Crippen LogP contribution in [0.1, 0.15) is 18.3 Å². The lowest BCUT2D eigenvalue weighted by Gasteiger charge is -2.09. The number of ether oxygens (including phenoxy) is 2. The molecule has 0 amide bonds. The van der Waals surface area contributed by atoms with Crippen LogP contribution in [0.25, 0.3) is 22.7 Å². The molecule has 0 saturated carbocycles. The Balaban J connectivity index is 2.02. The highest BCUT2D eigenvalue weighted by Crippen LogP contribution is 2.29. The van der Waals surface area contributed by atoms with E-state index in [0.29, 0.717) is 40.5 Å². The number of hydrogen-bond donors (Lipinski definition) is 1. The highest BCUT2D eigenvalue weighted by atomic mass is 19.1. The van der Waals surface area contributed by atoms with Crippen LogP contribution >= 0.6 is 0 Å². The van der Waals surface area contributed by atoms with Crippen LogP contribution in [0.15, 0.2) is 36.4 Å². The number of aromatic nitrogens is 2. The summed E-state index contributed by atoms with van der Waals surface area (Å²) in [7, 11) is 1.57. The third-order valence-electron chi connectivity index (χ3n) is 3.62. The maximum absolute atomic E-state index is 13.3. The zero-order chi connectivity index (χ0) is 17.8. The second-order valence-corrected chi connectivity index (χ2v) is 5.26. The van der Waals surface area contributed by atoms with Crippen LogP contribution in [-0.2, 0) is 0 Å². The van der Waals surface area contributed by atoms with E-state index in [4.69, 9.17) is 9.47 Å². The molecule has 126 valence electrons. The highest BCUT2D eigenvalue weighted by Gasteiger charge is 2.10. The van der Waals surface area contributed by atoms with Crippen molar-refractivity contribution in [3.8, 4) is 17.6 Å². The fourth-order valence-corrected chi connectivity index (χ4v) is 2.48. The van der Waals surface area contributed by atoms with E-state index in [2.05, 4.69) is 16.0 Å². The topological polar surface area (TPSA) is 70.9 Å². The van der Waals surface area contributed by atoms with Crippen molar-refractivity contribution in [2.24, 2.45) is 0 Å². The van der Waals surface area contributed by atoms with Gasteiger partial charge >= 0.3 is 0 Å². The number of benzene rings is 2. The summed E-state index contributed by atoms with van der Waals surface area (Å²) in [6, 6.07) is 11.8. The summed E-state index contributed by atoms with van der Waals surface area (Å²) < 4.78 is 24.1. The molecule has 0 spiro atoms. The molecule has 0 bridgehead atoms. The molecular formula is C19H16FN3O2. The summed E-state index contributed by atoms with van der Waals surface area (Å²) in [6.07, 6.45) is 1.69. The molecule has 0 atom stereocenters. The van der Waals surface area contributed by atoms with Gasteiger partial charge in [-0.1, -0.05) is 6.07 Å². The predicted octanol–water partition coefficient (Wildman–Crippen LogP) is 4.17. The van der Waals surface area contributed by atoms with Gasteiger partial charge in [-0.25, -0.2) is 9.37 Å². The first kappa shape index (κ1) is 16.5. The number of nitrogens with one attached hydrogen (secondary N) is 1. The minimum absolute atomic E-state index is 0.337. The quantitative estimate of drug-likeness (QED) is 0.709. The van der Waals surface area contributed by atoms with Crippen LogP contribution in [0.2, 0.25) is 0 Å². The zero-order valence-electron chi connectivity index (χ0n) is 13.8. The van der Waals surface area contributed by atoms with Gasteiger partial charge in [0.05, 0.1) is 30.3 Å². The maximum Gasteiger partial charge on any atom is 0.161 e. The molecule has 0 aliphatic rings. The van der Waals surface area contributed by atoms with Crippen molar-refractivity contribution in [1.29, 1.82) is 5.26 Å². The molecule has 0 aliphatic carbocycles. The van der Waals surface area contributed by atoms with Gasteiger partial charge in [0.25, 0.3) is 0 Å². The van der Waals surface area contributed by atoms with Gasteiger partial charge in [0.15, 0.2) is 11.5 Å². The lowest BCUT2D eigenvalue weighted by molar-refractivity contribution is 0.311. The molecule has 1 N–H and O–H groups in total. The summed E-state index contributed by atoms with van der Waals surface area (Å²) in [6.45, 7) is 2.39. The van der Waals surface area contributed by atoms with Gasteiger partial charge in [0.2, 0.25) is 0 Å². The van der Waals surface area contributed by atoms with Crippen LogP contribution in [0.4, 0.5) is 4.39 Å². The molecule has 0 fully saturated rings. The number of allylic oxidation sites excluding steroid dienone is 1. The standard InChI is InChI=1S/C19H16FN3O2/c1-3-25-18-9-12(4-7-17(18)24-2)8-13(11-21)19-22-15-6-5-14(20)10-16(15)23-19/h4-10H,3H2,1-2H3,(H,22,23)/b13-8-. The third-order valence-corrected chi connectivity index (χ3v) is 3.62. The van der Waals surface area contributed by atoms with Gasteiger partial charge < -0.3 is 14.5 Å². The fourth-order valence-electron chi connectivity index (χ4n) is 2.48. The van der Waals surface area contributed by atoms with Gasteiger partial charge in [-0.15, -0.1) is 0 Å². The van der Waals surface area contributed by atoms with Crippen molar-refractivity contribution in [2.45, 2.75) is 6.92 Å². The van der Waals surface area contributed by atoms with Gasteiger partial charge in [-0.2, -0.15) is 5.26 Å². The first-order valence-corrected chi connectivity index (χ1v) is 7.73. The largest absolute Gasteiger partial charge is 0.493 e. The van der Waals surface area contributed by atoms with Crippen LogP contribution < -0.4 is 9.47 Å². The third kappa shape index (κ3) is 3.45. The Morgan fingerprint density at radius 2 is 2.12 bits per heavy atom. The molecule has 1 aromatic heterocycles. The van der Waals surface area contributed by atoms with Crippen molar-refractivity contribution in [1.82, 2.24) is 9.97 Å². The molecule has 2 aromatic carbocycles. The van der Waals surface area contributed by atoms with Gasteiger partial charge in [0, 0.05) is 0 Å². The Bertz CT molecular complexity index is 986. The average Bonchev–Trinajstić information content (AvgIpc) is 3.03. The number of hydrogen-bond acceptors (Lipinski definition) is 4. The molecule has 25 heavy (non-hydrogen) atoms. The van der Waals surface area contributed by atoms with E-state index in [9.17, 15) is 9.65 Å². The Morgan fingerprint density at radius 1 is 1.28 bits per heavy atom. The molecular weight excluding hydrogens is 321 g/mol. The van der Waals surface area contributed by atoms with Crippen molar-refractivity contribution in [3.63, 3.8) is 0 Å². The van der Waals surface area contributed by atoms with E-state index < -0.39 is 0 Å². The smallest absolute Gasteiger partial charge is 0.161 e. The fraction of sp³-hybridized carbons (Fsp3) is 0.158. The Kier molecular flexibility index (Phi) is 4.66. The maximum atomic E-state index is 13.3. The van der Waals surface area contributed by atoms with E-state index in [1.807, 2.05) is 13.0 Å². The second-order valence-electron chi connectivity index (χ2n) is 5.26. The molecule has 0 radical (unpaired) electrons. The number of methoxy groups -OCH3 is 1. The molecule has 0 saturated heterocycles. The number of halogens is 1. The molecule has 6 heteroatoms. The predicted molar refractivity (Wildman–Crippen MR) is 93.7 cm³/mol. The SMILES string of the molecule is CCOc1cc(/C=C(/C#N)c2nc3ccc(F)cc3[nH]2)ccc1OC. The summed E-state index contributed by atoms with van der Waals surface area (Å²) in [5.41, 5.74) is 2.25. The van der Waals surface area contributed by atoms with Crippen molar-refractivity contribution in [2.75, 3.05) is 13.7 Å². The number of rotatable bonds is 5. The number of nitrogens with zero attached hydrogens (tertiary/aromatic N) is 2. The van der Waals surface area contributed by atoms with Gasteiger partial charge in [-0.05, 0) is 48.9 Å². The summed E-state index contributed by atoms with van der Waals surface area (Å²) in [4.78, 5) is 7.32. The monoisotopic (exact) mass is 337 g/mol. The Morgan fingerprint density at radius 3 is 2.84 bits per heavy atom. The zero-order valence-corrected chi connectivity index (χ0v) is 13.8. The molecule has 5 nitrogen and oxygen atoms in total. The molecule has 3 rings (SSSR count). The van der Waals surface area contributed by atoms with E-state index in [0.717, 1.165) is 5.56 Å². The number of aromatic amines is 1. The van der Waals surface area contributed by atoms with E-state index in [-0.39, 0.29) is 5.82 Å². The normalized spacial score (nSPS) is 11.4. The van der Waals surface area contributed by atoms with Gasteiger partial charge in [0.1, 0.15) is 17.7 Å². The van der Waals surface area contributed by atoms with Gasteiger partial charge in [-0.3, -0.25) is 0 Å². The second kappa shape index (κ2) is 7.05. The number of fused-ring (bicyclic) bond motifs is 1. The van der Waals surface area contributed by atoms with Crippen LogP contribution in [0.5, 0.6) is 11.5 Å². The van der Waals surface area contributed by atoms with Crippen LogP contribution in [0.3, 0.4) is 0 Å². The van der Waals surface area contributed by atoms with Crippen LogP contribution in [0, 0.1) is 17.1 Å². The first-order chi connectivity index (χ1) is 12.1. The summed E-state index contributed by atoms with van der Waals surface area (Å²) in [5, 5.41) is 9.49. The van der Waals surface area contributed by atoms with Crippen molar-refractivity contribution < 1.29 is 13.9 Å². The highest BCUT2D eigenvalue weighted by molar-refractivity contribution is 5.90. The average molecular weight is 337 g/mol. The summed E-state index contributed by atoms with van der Waals surface area (Å²) >= 11 is 0. The van der Waals surface area contributed by atoms with E-state index in [1.165, 1.54) is 12.1 Å². The number of H-pyrrole nitrogens is 1. The minimum Gasteiger partial charge on any atom is -0.493 e. The number of nitriles is 1. The van der Waals surface area contributed by atoms with E-state index in [1.54, 1.807) is 31.4 Å². The summed E-state index contributed by atoms with van der Waals surface area (Å²) in [5.74, 6) is 1.25. The van der Waals surface area contributed by atoms with Crippen molar-refractivity contribution in [3.05, 3.63) is 53.6 Å². The van der Waals surface area contributed by atoms with Crippen LogP contribution in [-0.4, -0.2) is 23.7 Å². The Hall–Kier alpha value is -3.33. The van der Waals surface area contributed by atoms with Crippen molar-refractivity contribution >= 4 is 22.7 Å².